The minimum absolute atomic E-state index is 0.330. The SMILES string of the molecule is OC1CN=C(N2CC3CC2CN3Cc2ccccc2)NC1. The summed E-state index contributed by atoms with van der Waals surface area (Å²) in [7, 11) is 0. The second kappa shape index (κ2) is 5.31. The fraction of sp³-hybridized carbons (Fsp3) is 0.562. The van der Waals surface area contributed by atoms with Gasteiger partial charge in [0.2, 0.25) is 0 Å². The zero-order chi connectivity index (χ0) is 14.2. The minimum atomic E-state index is -0.330. The predicted molar refractivity (Wildman–Crippen MR) is 82.1 cm³/mol. The summed E-state index contributed by atoms with van der Waals surface area (Å²) in [6, 6.07) is 11.9. The Morgan fingerprint density at radius 2 is 2.05 bits per heavy atom. The van der Waals surface area contributed by atoms with Crippen LogP contribution in [0.3, 0.4) is 0 Å². The number of nitrogens with one attached hydrogen (secondary N) is 1. The monoisotopic (exact) mass is 286 g/mol. The van der Waals surface area contributed by atoms with Gasteiger partial charge in [0, 0.05) is 38.3 Å². The van der Waals surface area contributed by atoms with E-state index >= 15 is 0 Å². The van der Waals surface area contributed by atoms with E-state index in [1.807, 2.05) is 0 Å². The number of rotatable bonds is 2. The van der Waals surface area contributed by atoms with E-state index in [1.165, 1.54) is 12.0 Å². The lowest BCUT2D eigenvalue weighted by molar-refractivity contribution is 0.153. The van der Waals surface area contributed by atoms with Crippen LogP contribution in [0.15, 0.2) is 35.3 Å². The molecule has 0 saturated carbocycles. The number of aliphatic hydroxyl groups is 1. The zero-order valence-electron chi connectivity index (χ0n) is 12.2. The van der Waals surface area contributed by atoms with Gasteiger partial charge in [0.05, 0.1) is 12.6 Å². The molecule has 0 aromatic heterocycles. The molecular weight excluding hydrogens is 264 g/mol. The molecule has 3 unspecified atom stereocenters. The van der Waals surface area contributed by atoms with Gasteiger partial charge in [-0.15, -0.1) is 0 Å². The molecule has 1 aromatic carbocycles. The van der Waals surface area contributed by atoms with E-state index in [9.17, 15) is 5.11 Å². The minimum Gasteiger partial charge on any atom is -0.389 e. The van der Waals surface area contributed by atoms with Crippen LogP contribution < -0.4 is 5.32 Å². The largest absolute Gasteiger partial charge is 0.389 e. The number of fused-ring (bicyclic) bond motifs is 2. The maximum absolute atomic E-state index is 9.51. The Balaban J connectivity index is 1.39. The molecule has 2 fully saturated rings. The topological polar surface area (TPSA) is 51.1 Å². The van der Waals surface area contributed by atoms with Gasteiger partial charge >= 0.3 is 0 Å². The second-order valence-corrected chi connectivity index (χ2v) is 6.31. The van der Waals surface area contributed by atoms with Crippen LogP contribution >= 0.6 is 0 Å². The maximum Gasteiger partial charge on any atom is 0.194 e. The molecule has 21 heavy (non-hydrogen) atoms. The number of hydrogen-bond acceptors (Lipinski definition) is 5. The van der Waals surface area contributed by atoms with Crippen molar-refractivity contribution >= 4 is 5.96 Å². The van der Waals surface area contributed by atoms with Crippen molar-refractivity contribution in [2.75, 3.05) is 26.2 Å². The van der Waals surface area contributed by atoms with Crippen LogP contribution in [0.5, 0.6) is 0 Å². The lowest BCUT2D eigenvalue weighted by Gasteiger charge is -2.37. The summed E-state index contributed by atoms with van der Waals surface area (Å²) in [4.78, 5) is 9.48. The fourth-order valence-electron chi connectivity index (χ4n) is 3.73. The molecule has 0 amide bonds. The zero-order valence-corrected chi connectivity index (χ0v) is 12.2. The third kappa shape index (κ3) is 2.51. The molecule has 112 valence electrons. The summed E-state index contributed by atoms with van der Waals surface area (Å²) in [5, 5.41) is 12.8. The molecule has 4 rings (SSSR count). The fourth-order valence-corrected chi connectivity index (χ4v) is 3.73. The third-order valence-corrected chi connectivity index (χ3v) is 4.80. The molecule has 5 heteroatoms. The first kappa shape index (κ1) is 13.1. The molecular formula is C16H22N4O. The molecule has 0 spiro atoms. The van der Waals surface area contributed by atoms with Crippen molar-refractivity contribution in [2.45, 2.75) is 31.2 Å². The Kier molecular flexibility index (Phi) is 3.31. The first-order valence-electron chi connectivity index (χ1n) is 7.80. The lowest BCUT2D eigenvalue weighted by Crippen LogP contribution is -2.55. The molecule has 0 aliphatic carbocycles. The van der Waals surface area contributed by atoms with Gasteiger partial charge in [-0.1, -0.05) is 30.3 Å². The van der Waals surface area contributed by atoms with E-state index < -0.39 is 0 Å². The third-order valence-electron chi connectivity index (χ3n) is 4.80. The number of aliphatic imine (C=N–C) groups is 1. The quantitative estimate of drug-likeness (QED) is 0.819. The van der Waals surface area contributed by atoms with Crippen molar-refractivity contribution in [1.82, 2.24) is 15.1 Å². The molecule has 0 radical (unpaired) electrons. The van der Waals surface area contributed by atoms with Crippen LogP contribution in [0.2, 0.25) is 0 Å². The predicted octanol–water partition coefficient (Wildman–Crippen LogP) is 0.265. The van der Waals surface area contributed by atoms with E-state index in [4.69, 9.17) is 0 Å². The molecule has 3 heterocycles. The Labute approximate surface area is 125 Å². The molecule has 3 atom stereocenters. The van der Waals surface area contributed by atoms with Gasteiger partial charge in [0.25, 0.3) is 0 Å². The Morgan fingerprint density at radius 1 is 1.19 bits per heavy atom. The normalized spacial score (nSPS) is 32.1. The average Bonchev–Trinajstić information content (AvgIpc) is 3.09. The highest BCUT2D eigenvalue weighted by Gasteiger charge is 2.44. The standard InChI is InChI=1S/C16H22N4O/c21-15-7-17-16(18-8-15)20-11-13-6-14(20)10-19(13)9-12-4-2-1-3-5-12/h1-5,13-15,21H,6-11H2,(H,17,18). The smallest absolute Gasteiger partial charge is 0.194 e. The second-order valence-electron chi connectivity index (χ2n) is 6.31. The van der Waals surface area contributed by atoms with E-state index in [2.05, 4.69) is 50.4 Å². The molecule has 5 nitrogen and oxygen atoms in total. The van der Waals surface area contributed by atoms with Crippen LogP contribution in [-0.4, -0.2) is 65.2 Å². The number of benzene rings is 1. The van der Waals surface area contributed by atoms with Gasteiger partial charge in [0.15, 0.2) is 5.96 Å². The van der Waals surface area contributed by atoms with Crippen LogP contribution in [-0.2, 0) is 6.54 Å². The number of aliphatic hydroxyl groups excluding tert-OH is 1. The number of likely N-dealkylation sites (tertiary alicyclic amines) is 2. The molecule has 2 N–H and O–H groups in total. The van der Waals surface area contributed by atoms with Crippen molar-refractivity contribution in [2.24, 2.45) is 4.99 Å². The van der Waals surface area contributed by atoms with Crippen molar-refractivity contribution in [3.8, 4) is 0 Å². The number of nitrogens with zero attached hydrogens (tertiary/aromatic N) is 3. The van der Waals surface area contributed by atoms with Crippen molar-refractivity contribution in [3.05, 3.63) is 35.9 Å². The summed E-state index contributed by atoms with van der Waals surface area (Å²) < 4.78 is 0. The molecule has 3 aliphatic heterocycles. The average molecular weight is 286 g/mol. The van der Waals surface area contributed by atoms with Gasteiger partial charge in [-0.3, -0.25) is 9.89 Å². The van der Waals surface area contributed by atoms with Gasteiger partial charge in [0.1, 0.15) is 0 Å². The molecule has 1 aromatic rings. The number of hydrogen-bond donors (Lipinski definition) is 2. The molecule has 2 saturated heterocycles. The summed E-state index contributed by atoms with van der Waals surface area (Å²) in [6.07, 6.45) is 0.902. The molecule has 3 aliphatic rings. The van der Waals surface area contributed by atoms with Crippen molar-refractivity contribution in [3.63, 3.8) is 0 Å². The Hall–Kier alpha value is -1.59. The number of guanidine groups is 1. The summed E-state index contributed by atoms with van der Waals surface area (Å²) in [5.41, 5.74) is 1.40. The van der Waals surface area contributed by atoms with Gasteiger partial charge < -0.3 is 15.3 Å². The van der Waals surface area contributed by atoms with E-state index in [1.54, 1.807) is 0 Å². The summed E-state index contributed by atoms with van der Waals surface area (Å²) >= 11 is 0. The van der Waals surface area contributed by atoms with Crippen LogP contribution in [0, 0.1) is 0 Å². The first-order chi connectivity index (χ1) is 10.3. The lowest BCUT2D eigenvalue weighted by atomic mass is 10.2. The first-order valence-corrected chi connectivity index (χ1v) is 7.80. The van der Waals surface area contributed by atoms with Crippen molar-refractivity contribution < 1.29 is 5.11 Å². The highest BCUT2D eigenvalue weighted by Crippen LogP contribution is 2.32. The summed E-state index contributed by atoms with van der Waals surface area (Å²) in [6.45, 7) is 4.38. The Bertz CT molecular complexity index is 532. The highest BCUT2D eigenvalue weighted by molar-refractivity contribution is 5.81. The van der Waals surface area contributed by atoms with Crippen molar-refractivity contribution in [1.29, 1.82) is 0 Å². The van der Waals surface area contributed by atoms with Crippen LogP contribution in [0.1, 0.15) is 12.0 Å². The van der Waals surface area contributed by atoms with E-state index in [0.717, 1.165) is 25.6 Å². The number of piperazine rings is 1. The van der Waals surface area contributed by atoms with Gasteiger partial charge in [-0.25, -0.2) is 0 Å². The van der Waals surface area contributed by atoms with Gasteiger partial charge in [-0.05, 0) is 12.0 Å². The van der Waals surface area contributed by atoms with E-state index in [0.29, 0.717) is 25.2 Å². The maximum atomic E-state index is 9.51. The number of β-amino-alcohol motifs (C(OH)–C–C–N with tert-alkyl or cyclic N) is 1. The summed E-state index contributed by atoms with van der Waals surface area (Å²) in [5.74, 6) is 0.993. The highest BCUT2D eigenvalue weighted by atomic mass is 16.3. The van der Waals surface area contributed by atoms with E-state index in [-0.39, 0.29) is 6.10 Å². The van der Waals surface area contributed by atoms with Crippen LogP contribution in [0.4, 0.5) is 0 Å². The van der Waals surface area contributed by atoms with Crippen LogP contribution in [0.25, 0.3) is 0 Å². The molecule has 2 bridgehead atoms. The Morgan fingerprint density at radius 3 is 2.71 bits per heavy atom. The van der Waals surface area contributed by atoms with Gasteiger partial charge in [-0.2, -0.15) is 0 Å².